The minimum Gasteiger partial charge on any atom is -0.491 e. The number of halogens is 2. The Balaban J connectivity index is 0.00000225. The molecule has 0 radical (unpaired) electrons. The topological polar surface area (TPSA) is 64.3 Å². The van der Waals surface area contributed by atoms with Gasteiger partial charge in [-0.3, -0.25) is 4.79 Å². The number of carbonyl (C=O) groups excluding carboxylic acids is 1. The summed E-state index contributed by atoms with van der Waals surface area (Å²) in [5, 5.41) is 2.95. The third-order valence-corrected chi connectivity index (χ3v) is 5.45. The van der Waals surface area contributed by atoms with Crippen LogP contribution in [0.5, 0.6) is 5.75 Å². The molecule has 1 amide bonds. The molecule has 2 fully saturated rings. The predicted octanol–water partition coefficient (Wildman–Crippen LogP) is 4.13. The van der Waals surface area contributed by atoms with Crippen molar-refractivity contribution in [2.45, 2.75) is 51.5 Å². The van der Waals surface area contributed by atoms with Crippen LogP contribution < -0.4 is 15.8 Å². The van der Waals surface area contributed by atoms with Crippen molar-refractivity contribution in [2.75, 3.05) is 11.9 Å². The highest BCUT2D eigenvalue weighted by Crippen LogP contribution is 2.42. The molecule has 3 rings (SSSR count). The molecule has 140 valence electrons. The van der Waals surface area contributed by atoms with Crippen LogP contribution in [0.2, 0.25) is 0 Å². The molecule has 0 saturated heterocycles. The molecule has 1 aromatic rings. The number of fused-ring (bicyclic) bond motifs is 2. The second kappa shape index (κ2) is 8.86. The van der Waals surface area contributed by atoms with Gasteiger partial charge in [0.15, 0.2) is 0 Å². The van der Waals surface area contributed by atoms with E-state index in [0.29, 0.717) is 29.9 Å². The molecule has 6 heteroatoms. The predicted molar refractivity (Wildman–Crippen MR) is 99.6 cm³/mol. The van der Waals surface area contributed by atoms with Crippen molar-refractivity contribution in [1.29, 1.82) is 0 Å². The lowest BCUT2D eigenvalue weighted by Crippen LogP contribution is -2.48. The molecule has 25 heavy (non-hydrogen) atoms. The van der Waals surface area contributed by atoms with Crippen LogP contribution in [0.1, 0.15) is 45.4 Å². The van der Waals surface area contributed by atoms with Crippen LogP contribution in [0.3, 0.4) is 0 Å². The van der Waals surface area contributed by atoms with Crippen molar-refractivity contribution < 1.29 is 13.9 Å². The molecule has 4 nitrogen and oxygen atoms in total. The maximum Gasteiger partial charge on any atom is 0.227 e. The maximum absolute atomic E-state index is 13.5. The molecule has 0 aliphatic heterocycles. The maximum atomic E-state index is 13.5. The van der Waals surface area contributed by atoms with Gasteiger partial charge in [0.2, 0.25) is 5.91 Å². The van der Waals surface area contributed by atoms with E-state index in [-0.39, 0.29) is 36.1 Å². The number of hydrogen-bond donors (Lipinski definition) is 2. The van der Waals surface area contributed by atoms with E-state index >= 15 is 0 Å². The van der Waals surface area contributed by atoms with E-state index < -0.39 is 0 Å². The molecule has 0 aromatic heterocycles. The van der Waals surface area contributed by atoms with Gasteiger partial charge in [0.05, 0.1) is 12.3 Å². The molecule has 2 aliphatic rings. The van der Waals surface area contributed by atoms with Crippen molar-refractivity contribution in [3.05, 3.63) is 24.0 Å². The van der Waals surface area contributed by atoms with Crippen molar-refractivity contribution in [2.24, 2.45) is 23.5 Å². The number of carbonyl (C=O) groups is 1. The summed E-state index contributed by atoms with van der Waals surface area (Å²) in [6.45, 7) is 2.48. The van der Waals surface area contributed by atoms with E-state index in [1.54, 1.807) is 6.07 Å². The first-order valence-electron chi connectivity index (χ1n) is 9.07. The number of benzene rings is 1. The molecular weight excluding hydrogens is 343 g/mol. The van der Waals surface area contributed by atoms with E-state index in [9.17, 15) is 9.18 Å². The molecule has 0 heterocycles. The summed E-state index contributed by atoms with van der Waals surface area (Å²) in [4.78, 5) is 12.7. The number of ether oxygens (including phenoxy) is 1. The van der Waals surface area contributed by atoms with Gasteiger partial charge in [-0.2, -0.15) is 0 Å². The second-order valence-corrected chi connectivity index (χ2v) is 7.17. The summed E-state index contributed by atoms with van der Waals surface area (Å²) in [7, 11) is 0. The highest BCUT2D eigenvalue weighted by molar-refractivity contribution is 5.94. The number of nitrogens with two attached hydrogens (primary N) is 1. The largest absolute Gasteiger partial charge is 0.491 e. The lowest BCUT2D eigenvalue weighted by Gasteiger charge is -2.43. The van der Waals surface area contributed by atoms with E-state index in [2.05, 4.69) is 5.32 Å². The zero-order valence-electron chi connectivity index (χ0n) is 14.7. The standard InChI is InChI=1S/C19H27FN2O2.ClH/c1-2-8-24-17-11-15(20)6-7-16(17)22-19(23)14-9-12-4-3-5-13(10-14)18(12)21;/h6-7,11-14,18H,2-5,8-10,21H2,1H3,(H,22,23);1H. The minimum absolute atomic E-state index is 0. The Morgan fingerprint density at radius 2 is 2.00 bits per heavy atom. The average molecular weight is 371 g/mol. The first kappa shape index (κ1) is 20.0. The fraction of sp³-hybridized carbons (Fsp3) is 0.632. The fourth-order valence-electron chi connectivity index (χ4n) is 4.17. The Hall–Kier alpha value is -1.33. The summed E-state index contributed by atoms with van der Waals surface area (Å²) >= 11 is 0. The summed E-state index contributed by atoms with van der Waals surface area (Å²) in [6.07, 6.45) is 6.02. The van der Waals surface area contributed by atoms with E-state index in [1.807, 2.05) is 6.92 Å². The third kappa shape index (κ3) is 4.64. The molecule has 2 saturated carbocycles. The molecular formula is C19H28ClFN2O2. The van der Waals surface area contributed by atoms with Crippen LogP contribution in [0, 0.1) is 23.6 Å². The van der Waals surface area contributed by atoms with Crippen LogP contribution in [0.4, 0.5) is 10.1 Å². The van der Waals surface area contributed by atoms with Gasteiger partial charge in [-0.15, -0.1) is 12.4 Å². The number of rotatable bonds is 5. The fourth-order valence-corrected chi connectivity index (χ4v) is 4.17. The van der Waals surface area contributed by atoms with Gasteiger partial charge in [0.1, 0.15) is 11.6 Å². The van der Waals surface area contributed by atoms with Gasteiger partial charge in [0, 0.05) is 18.0 Å². The quantitative estimate of drug-likeness (QED) is 0.819. The summed E-state index contributed by atoms with van der Waals surface area (Å²) in [5.41, 5.74) is 6.85. The van der Waals surface area contributed by atoms with Gasteiger partial charge in [-0.05, 0) is 56.1 Å². The summed E-state index contributed by atoms with van der Waals surface area (Å²) in [5.74, 6) is 0.945. The van der Waals surface area contributed by atoms with Crippen LogP contribution in [-0.4, -0.2) is 18.6 Å². The molecule has 2 atom stereocenters. The summed E-state index contributed by atoms with van der Waals surface area (Å²) < 4.78 is 19.0. The normalized spacial score (nSPS) is 28.0. The second-order valence-electron chi connectivity index (χ2n) is 7.17. The van der Waals surface area contributed by atoms with Crippen LogP contribution in [0.15, 0.2) is 18.2 Å². The van der Waals surface area contributed by atoms with Crippen molar-refractivity contribution in [3.8, 4) is 5.75 Å². The molecule has 2 aliphatic carbocycles. The minimum atomic E-state index is -0.364. The number of hydrogen-bond acceptors (Lipinski definition) is 3. The van der Waals surface area contributed by atoms with Crippen LogP contribution in [-0.2, 0) is 4.79 Å². The van der Waals surface area contributed by atoms with E-state index in [0.717, 1.165) is 32.1 Å². The van der Waals surface area contributed by atoms with Gasteiger partial charge < -0.3 is 15.8 Å². The lowest BCUT2D eigenvalue weighted by atomic mass is 9.65. The summed E-state index contributed by atoms with van der Waals surface area (Å²) in [6, 6.07) is 4.50. The van der Waals surface area contributed by atoms with Crippen molar-refractivity contribution >= 4 is 24.0 Å². The highest BCUT2D eigenvalue weighted by atomic mass is 35.5. The first-order chi connectivity index (χ1) is 11.6. The number of amides is 1. The Kier molecular flexibility index (Phi) is 7.08. The molecule has 0 spiro atoms. The first-order valence-corrected chi connectivity index (χ1v) is 9.07. The van der Waals surface area contributed by atoms with Crippen LogP contribution in [0.25, 0.3) is 0 Å². The van der Waals surface area contributed by atoms with Gasteiger partial charge in [0.25, 0.3) is 0 Å². The number of nitrogens with one attached hydrogen (secondary N) is 1. The molecule has 3 N–H and O–H groups in total. The average Bonchev–Trinajstić information content (AvgIpc) is 2.54. The zero-order valence-corrected chi connectivity index (χ0v) is 15.5. The number of anilines is 1. The zero-order chi connectivity index (χ0) is 17.1. The van der Waals surface area contributed by atoms with Crippen molar-refractivity contribution in [1.82, 2.24) is 0 Å². The Morgan fingerprint density at radius 1 is 1.32 bits per heavy atom. The molecule has 2 bridgehead atoms. The van der Waals surface area contributed by atoms with Gasteiger partial charge >= 0.3 is 0 Å². The van der Waals surface area contributed by atoms with E-state index in [4.69, 9.17) is 10.5 Å². The van der Waals surface area contributed by atoms with Gasteiger partial charge in [-0.1, -0.05) is 13.3 Å². The molecule has 2 unspecified atom stereocenters. The van der Waals surface area contributed by atoms with E-state index in [1.165, 1.54) is 18.6 Å². The Morgan fingerprint density at radius 3 is 2.64 bits per heavy atom. The highest BCUT2D eigenvalue weighted by Gasteiger charge is 2.40. The van der Waals surface area contributed by atoms with Crippen LogP contribution >= 0.6 is 12.4 Å². The van der Waals surface area contributed by atoms with Crippen molar-refractivity contribution in [3.63, 3.8) is 0 Å². The Labute approximate surface area is 155 Å². The third-order valence-electron chi connectivity index (χ3n) is 5.45. The Bertz CT molecular complexity index is 585. The van der Waals surface area contributed by atoms with Gasteiger partial charge in [-0.25, -0.2) is 4.39 Å². The smallest absolute Gasteiger partial charge is 0.227 e. The lowest BCUT2D eigenvalue weighted by molar-refractivity contribution is -0.122. The molecule has 1 aromatic carbocycles. The monoisotopic (exact) mass is 370 g/mol. The SMILES string of the molecule is CCCOc1cc(F)ccc1NC(=O)C1CC2CCCC(C1)C2N.Cl.